The first kappa shape index (κ1) is 24.2. The average molecular weight is 562 g/mol. The summed E-state index contributed by atoms with van der Waals surface area (Å²) in [4.78, 5) is 13.8. The molecule has 0 atom stereocenters. The Morgan fingerprint density at radius 1 is 0.972 bits per heavy atom. The van der Waals surface area contributed by atoms with Crippen LogP contribution < -0.4 is 20.7 Å². The molecule has 0 unspecified atom stereocenters. The van der Waals surface area contributed by atoms with Gasteiger partial charge in [-0.1, -0.05) is 20.1 Å². The maximum atomic E-state index is 5.58. The van der Waals surface area contributed by atoms with E-state index < -0.39 is 7.92 Å². The number of benzene rings is 2. The molecule has 5 aromatic rings. The van der Waals surface area contributed by atoms with Crippen molar-refractivity contribution in [2.75, 3.05) is 31.1 Å². The molecule has 0 spiro atoms. The Balaban J connectivity index is 1.49. The standard InChI is InChI=1S/C26H25BrN7OP/c1-34-15-17(13-30-34)16-7-10-23(35-2)22(12-16)32-26-29-14-19(27)25(33-26)31-21-9-8-20-18(6-5-11-28-20)24(21)36(3)4/h5-15H,1-4H3,(H2,29,31,32,33). The van der Waals surface area contributed by atoms with Crippen LogP contribution in [0, 0.1) is 0 Å². The molecule has 2 aromatic carbocycles. The van der Waals surface area contributed by atoms with E-state index in [2.05, 4.69) is 67.1 Å². The van der Waals surface area contributed by atoms with E-state index in [1.807, 2.05) is 56.0 Å². The number of aromatic nitrogens is 5. The van der Waals surface area contributed by atoms with Crippen molar-refractivity contribution in [1.82, 2.24) is 24.7 Å². The summed E-state index contributed by atoms with van der Waals surface area (Å²) < 4.78 is 8.12. The zero-order valence-corrected chi connectivity index (χ0v) is 22.8. The largest absolute Gasteiger partial charge is 0.495 e. The third-order valence-electron chi connectivity index (χ3n) is 5.69. The summed E-state index contributed by atoms with van der Waals surface area (Å²) in [5.74, 6) is 1.80. The second-order valence-corrected chi connectivity index (χ2v) is 11.5. The Bertz CT molecular complexity index is 1550. The van der Waals surface area contributed by atoms with Gasteiger partial charge in [-0.3, -0.25) is 9.67 Å². The first-order valence-electron chi connectivity index (χ1n) is 11.2. The molecule has 3 aromatic heterocycles. The van der Waals surface area contributed by atoms with Crippen LogP contribution in [0.15, 0.2) is 71.7 Å². The third-order valence-corrected chi connectivity index (χ3v) is 7.64. The highest BCUT2D eigenvalue weighted by Gasteiger charge is 2.15. The fraction of sp³-hybridized carbons (Fsp3) is 0.154. The maximum Gasteiger partial charge on any atom is 0.229 e. The minimum atomic E-state index is -0.400. The molecule has 0 aliphatic heterocycles. The van der Waals surface area contributed by atoms with Crippen LogP contribution in [-0.2, 0) is 7.05 Å². The molecule has 36 heavy (non-hydrogen) atoms. The topological polar surface area (TPSA) is 89.8 Å². The number of nitrogens with zero attached hydrogens (tertiary/aromatic N) is 5. The molecule has 0 bridgehead atoms. The SMILES string of the molecule is COc1ccc(-c2cnn(C)c2)cc1Nc1ncc(Br)c(Nc2ccc3ncccc3c2P(C)C)n1. The molecule has 0 saturated heterocycles. The number of methoxy groups -OCH3 is 1. The van der Waals surface area contributed by atoms with Crippen molar-refractivity contribution in [2.45, 2.75) is 0 Å². The lowest BCUT2D eigenvalue weighted by Gasteiger charge is -2.18. The minimum absolute atomic E-state index is 0.400. The van der Waals surface area contributed by atoms with Crippen LogP contribution in [0.3, 0.4) is 0 Å². The summed E-state index contributed by atoms with van der Waals surface area (Å²) in [5.41, 5.74) is 4.77. The Kier molecular flexibility index (Phi) is 6.85. The van der Waals surface area contributed by atoms with Crippen LogP contribution in [0.5, 0.6) is 5.75 Å². The number of hydrogen-bond acceptors (Lipinski definition) is 7. The molecule has 10 heteroatoms. The van der Waals surface area contributed by atoms with Gasteiger partial charge in [-0.05, 0) is 65.2 Å². The molecule has 3 heterocycles. The number of aryl methyl sites for hydroxylation is 1. The highest BCUT2D eigenvalue weighted by molar-refractivity contribution is 9.10. The van der Waals surface area contributed by atoms with Crippen LogP contribution in [0.4, 0.5) is 23.1 Å². The van der Waals surface area contributed by atoms with E-state index in [9.17, 15) is 0 Å². The van der Waals surface area contributed by atoms with Crippen molar-refractivity contribution in [3.8, 4) is 16.9 Å². The van der Waals surface area contributed by atoms with E-state index in [0.29, 0.717) is 17.5 Å². The molecule has 2 N–H and O–H groups in total. The van der Waals surface area contributed by atoms with Crippen LogP contribution >= 0.6 is 23.9 Å². The lowest BCUT2D eigenvalue weighted by Crippen LogP contribution is -2.11. The van der Waals surface area contributed by atoms with Crippen molar-refractivity contribution in [1.29, 1.82) is 0 Å². The molecule has 0 saturated carbocycles. The lowest BCUT2D eigenvalue weighted by molar-refractivity contribution is 0.417. The summed E-state index contributed by atoms with van der Waals surface area (Å²) in [5, 5.41) is 13.5. The van der Waals surface area contributed by atoms with E-state index in [0.717, 1.165) is 37.9 Å². The lowest BCUT2D eigenvalue weighted by atomic mass is 10.1. The first-order valence-corrected chi connectivity index (χ1v) is 14.2. The van der Waals surface area contributed by atoms with Gasteiger partial charge in [0.1, 0.15) is 11.6 Å². The van der Waals surface area contributed by atoms with Gasteiger partial charge in [-0.2, -0.15) is 10.1 Å². The Hall–Kier alpha value is -3.55. The van der Waals surface area contributed by atoms with Gasteiger partial charge >= 0.3 is 0 Å². The zero-order valence-electron chi connectivity index (χ0n) is 20.3. The molecule has 182 valence electrons. The molecule has 0 fully saturated rings. The number of pyridine rings is 1. The van der Waals surface area contributed by atoms with Crippen LogP contribution in [0.2, 0.25) is 0 Å². The quantitative estimate of drug-likeness (QED) is 0.234. The van der Waals surface area contributed by atoms with Crippen LogP contribution in [-0.4, -0.2) is 45.2 Å². The number of halogens is 1. The van der Waals surface area contributed by atoms with Crippen molar-refractivity contribution < 1.29 is 4.74 Å². The average Bonchev–Trinajstić information content (AvgIpc) is 3.32. The molecule has 0 amide bonds. The van der Waals surface area contributed by atoms with E-state index >= 15 is 0 Å². The summed E-state index contributed by atoms with van der Waals surface area (Å²) in [6.07, 6.45) is 7.36. The van der Waals surface area contributed by atoms with E-state index in [1.54, 1.807) is 18.0 Å². The molecule has 0 radical (unpaired) electrons. The summed E-state index contributed by atoms with van der Waals surface area (Å²) in [6.45, 7) is 4.48. The summed E-state index contributed by atoms with van der Waals surface area (Å²) >= 11 is 3.60. The van der Waals surface area contributed by atoms with Gasteiger partial charge in [0.05, 0.1) is 29.0 Å². The zero-order chi connectivity index (χ0) is 25.2. The van der Waals surface area contributed by atoms with Gasteiger partial charge in [0.2, 0.25) is 5.95 Å². The number of anilines is 4. The molecule has 5 rings (SSSR count). The minimum Gasteiger partial charge on any atom is -0.495 e. The fourth-order valence-electron chi connectivity index (χ4n) is 4.04. The van der Waals surface area contributed by atoms with Gasteiger partial charge in [0, 0.05) is 47.6 Å². The highest BCUT2D eigenvalue weighted by Crippen LogP contribution is 2.36. The predicted molar refractivity (Wildman–Crippen MR) is 152 cm³/mol. The molecule has 0 aliphatic rings. The number of rotatable bonds is 7. The Morgan fingerprint density at radius 3 is 2.58 bits per heavy atom. The molecule has 0 aliphatic carbocycles. The third kappa shape index (κ3) is 4.90. The summed E-state index contributed by atoms with van der Waals surface area (Å²) in [6, 6.07) is 14.1. The van der Waals surface area contributed by atoms with Gasteiger partial charge in [-0.25, -0.2) is 4.98 Å². The van der Waals surface area contributed by atoms with Crippen LogP contribution in [0.1, 0.15) is 0 Å². The van der Waals surface area contributed by atoms with E-state index in [-0.39, 0.29) is 0 Å². The van der Waals surface area contributed by atoms with Gasteiger partial charge < -0.3 is 15.4 Å². The number of hydrogen-bond donors (Lipinski definition) is 2. The Morgan fingerprint density at radius 2 is 1.83 bits per heavy atom. The van der Waals surface area contributed by atoms with E-state index in [4.69, 9.17) is 9.72 Å². The second-order valence-electron chi connectivity index (χ2n) is 8.38. The van der Waals surface area contributed by atoms with Crippen molar-refractivity contribution >= 4 is 63.2 Å². The monoisotopic (exact) mass is 561 g/mol. The van der Waals surface area contributed by atoms with Gasteiger partial charge in [-0.15, -0.1) is 0 Å². The smallest absolute Gasteiger partial charge is 0.229 e. The number of fused-ring (bicyclic) bond motifs is 1. The van der Waals surface area contributed by atoms with Crippen molar-refractivity contribution in [3.05, 3.63) is 71.7 Å². The maximum absolute atomic E-state index is 5.58. The molecule has 8 nitrogen and oxygen atoms in total. The Labute approximate surface area is 219 Å². The first-order chi connectivity index (χ1) is 17.4. The highest BCUT2D eigenvalue weighted by atomic mass is 79.9. The molecular formula is C26H25BrN7OP. The number of nitrogens with one attached hydrogen (secondary N) is 2. The summed E-state index contributed by atoms with van der Waals surface area (Å²) in [7, 11) is 3.14. The molecular weight excluding hydrogens is 537 g/mol. The van der Waals surface area contributed by atoms with Gasteiger partial charge in [0.15, 0.2) is 0 Å². The predicted octanol–water partition coefficient (Wildman–Crippen LogP) is 6.05. The van der Waals surface area contributed by atoms with Crippen LogP contribution in [0.25, 0.3) is 22.0 Å². The second kappa shape index (κ2) is 10.2. The van der Waals surface area contributed by atoms with E-state index in [1.165, 1.54) is 5.30 Å². The fourth-order valence-corrected chi connectivity index (χ4v) is 5.61. The number of ether oxygens (including phenoxy) is 1. The van der Waals surface area contributed by atoms with Crippen molar-refractivity contribution in [2.24, 2.45) is 7.05 Å². The normalized spacial score (nSPS) is 11.2. The van der Waals surface area contributed by atoms with Crippen molar-refractivity contribution in [3.63, 3.8) is 0 Å². The van der Waals surface area contributed by atoms with Gasteiger partial charge in [0.25, 0.3) is 0 Å².